The number of carbonyl (C=O) groups excluding carboxylic acids is 1. The lowest BCUT2D eigenvalue weighted by atomic mass is 9.90. The van der Waals surface area contributed by atoms with Crippen LogP contribution in [0.2, 0.25) is 0 Å². The molecule has 1 saturated heterocycles. The Labute approximate surface area is 193 Å². The second kappa shape index (κ2) is 9.54. The van der Waals surface area contributed by atoms with Gasteiger partial charge in [0.2, 0.25) is 12.7 Å². The first-order valence-corrected chi connectivity index (χ1v) is 11.3. The van der Waals surface area contributed by atoms with Crippen LogP contribution in [0.4, 0.5) is 0 Å². The van der Waals surface area contributed by atoms with Crippen molar-refractivity contribution in [2.45, 2.75) is 32.2 Å². The van der Waals surface area contributed by atoms with Gasteiger partial charge in [-0.1, -0.05) is 6.07 Å². The van der Waals surface area contributed by atoms with E-state index in [4.69, 9.17) is 14.5 Å². The van der Waals surface area contributed by atoms with Crippen LogP contribution in [0.15, 0.2) is 48.9 Å². The highest BCUT2D eigenvalue weighted by molar-refractivity contribution is 5.78. The molecule has 5 rings (SSSR count). The highest BCUT2D eigenvalue weighted by Gasteiger charge is 2.26. The molecule has 1 N–H and O–H groups in total. The molecule has 1 atom stereocenters. The highest BCUT2D eigenvalue weighted by atomic mass is 16.7. The van der Waals surface area contributed by atoms with Gasteiger partial charge in [-0.05, 0) is 61.7 Å². The van der Waals surface area contributed by atoms with Crippen molar-refractivity contribution in [1.29, 1.82) is 0 Å². The molecular formula is C25H27N5O3. The number of ether oxygens (including phenoxy) is 2. The fourth-order valence-corrected chi connectivity index (χ4v) is 4.49. The Hall–Kier alpha value is -3.52. The van der Waals surface area contributed by atoms with Crippen molar-refractivity contribution in [2.24, 2.45) is 0 Å². The average molecular weight is 446 g/mol. The molecule has 0 bridgehead atoms. The van der Waals surface area contributed by atoms with Gasteiger partial charge in [0.1, 0.15) is 5.82 Å². The number of nitrogens with zero attached hydrogens (tertiary/aromatic N) is 4. The molecule has 33 heavy (non-hydrogen) atoms. The number of rotatable bonds is 6. The normalized spacial score (nSPS) is 17.7. The van der Waals surface area contributed by atoms with Crippen LogP contribution < -0.4 is 14.8 Å². The highest BCUT2D eigenvalue weighted by Crippen LogP contribution is 2.33. The summed E-state index contributed by atoms with van der Waals surface area (Å²) in [4.78, 5) is 28.2. The van der Waals surface area contributed by atoms with Gasteiger partial charge in [0.05, 0.1) is 12.2 Å². The van der Waals surface area contributed by atoms with E-state index in [0.29, 0.717) is 13.1 Å². The molecule has 0 spiro atoms. The molecule has 8 heteroatoms. The minimum Gasteiger partial charge on any atom is -0.454 e. The van der Waals surface area contributed by atoms with Crippen LogP contribution in [0.1, 0.15) is 35.8 Å². The number of fused-ring (bicyclic) bond motifs is 1. The maximum absolute atomic E-state index is 12.7. The number of carbonyl (C=O) groups is 1. The zero-order valence-corrected chi connectivity index (χ0v) is 18.7. The van der Waals surface area contributed by atoms with Crippen LogP contribution in [0.25, 0.3) is 11.1 Å². The summed E-state index contributed by atoms with van der Waals surface area (Å²) in [7, 11) is 0. The lowest BCUT2D eigenvalue weighted by Gasteiger charge is -2.32. The molecule has 2 aliphatic heterocycles. The van der Waals surface area contributed by atoms with Gasteiger partial charge in [-0.3, -0.25) is 14.7 Å². The van der Waals surface area contributed by atoms with Gasteiger partial charge >= 0.3 is 0 Å². The molecule has 3 aromatic rings. The number of pyridine rings is 1. The maximum Gasteiger partial charge on any atom is 0.234 e. The molecule has 170 valence electrons. The summed E-state index contributed by atoms with van der Waals surface area (Å²) in [6, 6.07) is 9.72. The predicted molar refractivity (Wildman–Crippen MR) is 123 cm³/mol. The molecule has 0 saturated carbocycles. The van der Waals surface area contributed by atoms with Gasteiger partial charge in [-0.2, -0.15) is 0 Å². The summed E-state index contributed by atoms with van der Waals surface area (Å²) in [6.07, 6.45) is 7.56. The van der Waals surface area contributed by atoms with E-state index < -0.39 is 0 Å². The van der Waals surface area contributed by atoms with Gasteiger partial charge in [0.15, 0.2) is 11.5 Å². The third-order valence-electron chi connectivity index (χ3n) is 6.12. The van der Waals surface area contributed by atoms with Gasteiger partial charge in [-0.25, -0.2) is 9.97 Å². The minimum absolute atomic E-state index is 0.0153. The molecule has 0 radical (unpaired) electrons. The second-order valence-corrected chi connectivity index (χ2v) is 8.49. The van der Waals surface area contributed by atoms with Crippen LogP contribution in [0, 0.1) is 6.92 Å². The smallest absolute Gasteiger partial charge is 0.234 e. The van der Waals surface area contributed by atoms with E-state index in [1.54, 1.807) is 12.4 Å². The quantitative estimate of drug-likeness (QED) is 0.624. The van der Waals surface area contributed by atoms with Crippen LogP contribution in [0.5, 0.6) is 11.5 Å². The number of benzene rings is 1. The van der Waals surface area contributed by atoms with Crippen LogP contribution in [-0.4, -0.2) is 52.2 Å². The summed E-state index contributed by atoms with van der Waals surface area (Å²) in [6.45, 7) is 4.70. The SMILES string of the molecule is Cc1ncc(-c2ccncc2)c(C2CCCN(CC(=O)NCc3ccc4c(c3)OCO4)C2)n1. The Kier molecular flexibility index (Phi) is 6.17. The topological polar surface area (TPSA) is 89.5 Å². The van der Waals surface area contributed by atoms with Gasteiger partial charge < -0.3 is 14.8 Å². The molecule has 2 aromatic heterocycles. The number of hydrogen-bond acceptors (Lipinski definition) is 7. The van der Waals surface area contributed by atoms with E-state index in [-0.39, 0.29) is 18.6 Å². The molecular weight excluding hydrogens is 418 g/mol. The number of hydrogen-bond donors (Lipinski definition) is 1. The fourth-order valence-electron chi connectivity index (χ4n) is 4.49. The van der Waals surface area contributed by atoms with E-state index in [1.165, 1.54) is 0 Å². The number of amides is 1. The monoisotopic (exact) mass is 445 g/mol. The van der Waals surface area contributed by atoms with E-state index in [0.717, 1.165) is 65.6 Å². The number of aromatic nitrogens is 3. The summed E-state index contributed by atoms with van der Waals surface area (Å²) >= 11 is 0. The number of piperidine rings is 1. The molecule has 0 aliphatic carbocycles. The summed E-state index contributed by atoms with van der Waals surface area (Å²) in [5.74, 6) is 2.51. The van der Waals surface area contributed by atoms with Crippen molar-refractivity contribution in [3.05, 3.63) is 66.0 Å². The third kappa shape index (κ3) is 4.96. The van der Waals surface area contributed by atoms with Gasteiger partial charge in [0.25, 0.3) is 0 Å². The Morgan fingerprint density at radius 2 is 2.03 bits per heavy atom. The van der Waals surface area contributed by atoms with Crippen molar-refractivity contribution in [3.63, 3.8) is 0 Å². The molecule has 4 heterocycles. The molecule has 1 unspecified atom stereocenters. The minimum atomic E-state index is 0.0153. The largest absolute Gasteiger partial charge is 0.454 e. The van der Waals surface area contributed by atoms with Crippen molar-refractivity contribution in [3.8, 4) is 22.6 Å². The number of likely N-dealkylation sites (tertiary alicyclic amines) is 1. The first-order valence-electron chi connectivity index (χ1n) is 11.3. The summed E-state index contributed by atoms with van der Waals surface area (Å²) in [5, 5.41) is 3.03. The third-order valence-corrected chi connectivity index (χ3v) is 6.12. The van der Waals surface area contributed by atoms with E-state index in [2.05, 4.69) is 20.2 Å². The van der Waals surface area contributed by atoms with Crippen LogP contribution in [-0.2, 0) is 11.3 Å². The fraction of sp³-hybridized carbons (Fsp3) is 0.360. The Bertz CT molecular complexity index is 1140. The lowest BCUT2D eigenvalue weighted by molar-refractivity contribution is -0.122. The molecule has 1 aromatic carbocycles. The standard InChI is InChI=1S/C25H27N5O3/c1-17-27-13-21(19-6-8-26-9-7-19)25(29-17)20-3-2-10-30(14-20)15-24(31)28-12-18-4-5-22-23(11-18)33-16-32-22/h4-9,11,13,20H,2-3,10,12,14-16H2,1H3,(H,28,31). The Morgan fingerprint density at radius 1 is 1.18 bits per heavy atom. The van der Waals surface area contributed by atoms with Gasteiger partial charge in [-0.15, -0.1) is 0 Å². The predicted octanol–water partition coefficient (Wildman–Crippen LogP) is 3.07. The molecule has 8 nitrogen and oxygen atoms in total. The van der Waals surface area contributed by atoms with Crippen molar-refractivity contribution in [1.82, 2.24) is 25.2 Å². The summed E-state index contributed by atoms with van der Waals surface area (Å²) in [5.41, 5.74) is 4.16. The van der Waals surface area contributed by atoms with Crippen molar-refractivity contribution < 1.29 is 14.3 Å². The molecule has 1 amide bonds. The summed E-state index contributed by atoms with van der Waals surface area (Å²) < 4.78 is 10.8. The maximum atomic E-state index is 12.7. The lowest BCUT2D eigenvalue weighted by Crippen LogP contribution is -2.42. The van der Waals surface area contributed by atoms with Crippen LogP contribution >= 0.6 is 0 Å². The van der Waals surface area contributed by atoms with E-state index >= 15 is 0 Å². The first-order chi connectivity index (χ1) is 16.2. The molecule has 2 aliphatic rings. The number of aryl methyl sites for hydroxylation is 1. The second-order valence-electron chi connectivity index (χ2n) is 8.49. The van der Waals surface area contributed by atoms with E-state index in [9.17, 15) is 4.79 Å². The molecule has 1 fully saturated rings. The number of nitrogens with one attached hydrogen (secondary N) is 1. The van der Waals surface area contributed by atoms with Crippen LogP contribution in [0.3, 0.4) is 0 Å². The Balaban J connectivity index is 1.22. The first kappa shape index (κ1) is 21.3. The van der Waals surface area contributed by atoms with E-state index in [1.807, 2.05) is 43.5 Å². The van der Waals surface area contributed by atoms with Gasteiger partial charge in [0, 0.05) is 43.2 Å². The zero-order chi connectivity index (χ0) is 22.6. The zero-order valence-electron chi connectivity index (χ0n) is 18.7. The average Bonchev–Trinajstić information content (AvgIpc) is 3.31. The van der Waals surface area contributed by atoms with Crippen molar-refractivity contribution in [2.75, 3.05) is 26.4 Å². The Morgan fingerprint density at radius 3 is 2.91 bits per heavy atom. The van der Waals surface area contributed by atoms with Crippen molar-refractivity contribution >= 4 is 5.91 Å².